The summed E-state index contributed by atoms with van der Waals surface area (Å²) in [5.41, 5.74) is 9.30. The average Bonchev–Trinajstić information content (AvgIpc) is 3.51. The van der Waals surface area contributed by atoms with Crippen LogP contribution in [0.25, 0.3) is 72.4 Å². The predicted molar refractivity (Wildman–Crippen MR) is 171 cm³/mol. The molecule has 6 aromatic carbocycles. The summed E-state index contributed by atoms with van der Waals surface area (Å²) in [6.45, 7) is 4.68. The summed E-state index contributed by atoms with van der Waals surface area (Å²) in [6.07, 6.45) is 0. The highest BCUT2D eigenvalue weighted by atomic mass is 15.2. The largest absolute Gasteiger partial charge is 0.277 e. The van der Waals surface area contributed by atoms with Crippen molar-refractivity contribution in [1.82, 2.24) is 19.5 Å². The molecule has 9 rings (SSSR count). The molecule has 2 aromatic heterocycles. The van der Waals surface area contributed by atoms with Crippen molar-refractivity contribution in [2.24, 2.45) is 0 Å². The van der Waals surface area contributed by atoms with Crippen LogP contribution in [0.1, 0.15) is 25.0 Å². The van der Waals surface area contributed by atoms with Gasteiger partial charge in [0.05, 0.1) is 11.0 Å². The number of hydrogen-bond acceptors (Lipinski definition) is 3. The molecule has 1 aliphatic carbocycles. The van der Waals surface area contributed by atoms with E-state index in [9.17, 15) is 0 Å². The van der Waals surface area contributed by atoms with Crippen molar-refractivity contribution in [3.63, 3.8) is 0 Å². The maximum Gasteiger partial charge on any atom is 0.238 e. The lowest BCUT2D eigenvalue weighted by Crippen LogP contribution is -2.15. The van der Waals surface area contributed by atoms with E-state index in [4.69, 9.17) is 15.0 Å². The Balaban J connectivity index is 1.48. The topological polar surface area (TPSA) is 43.6 Å². The molecule has 0 fully saturated rings. The Labute approximate surface area is 243 Å². The van der Waals surface area contributed by atoms with Gasteiger partial charge in [0.2, 0.25) is 5.95 Å². The Morgan fingerprint density at radius 1 is 0.548 bits per heavy atom. The monoisotopic (exact) mass is 538 g/mol. The quantitative estimate of drug-likeness (QED) is 0.211. The molecule has 0 amide bonds. The standard InChI is InChI=1S/C38H26N4/c1-38(2)28-18-10-9-17-27(28)33-29(38)22-26-21-20-23-16-11-19-30-31(23)32(26)34(33)42(30)37-40-35(24-12-5-3-6-13-24)39-36(41-37)25-14-7-4-8-15-25/h3-22H,1-2H3. The van der Waals surface area contributed by atoms with Crippen LogP contribution in [0.4, 0.5) is 0 Å². The first-order valence-electron chi connectivity index (χ1n) is 14.4. The number of nitrogens with zero attached hydrogens (tertiary/aromatic N) is 4. The van der Waals surface area contributed by atoms with Crippen LogP contribution >= 0.6 is 0 Å². The van der Waals surface area contributed by atoms with Gasteiger partial charge >= 0.3 is 0 Å². The van der Waals surface area contributed by atoms with E-state index < -0.39 is 0 Å². The molecule has 0 saturated carbocycles. The molecular formula is C38H26N4. The lowest BCUT2D eigenvalue weighted by molar-refractivity contribution is 0.661. The van der Waals surface area contributed by atoms with E-state index in [1.54, 1.807) is 0 Å². The third-order valence-corrected chi connectivity index (χ3v) is 8.99. The van der Waals surface area contributed by atoms with Gasteiger partial charge in [-0.15, -0.1) is 0 Å². The minimum absolute atomic E-state index is 0.129. The molecule has 0 bridgehead atoms. The molecule has 42 heavy (non-hydrogen) atoms. The zero-order valence-electron chi connectivity index (χ0n) is 23.3. The van der Waals surface area contributed by atoms with Crippen LogP contribution < -0.4 is 0 Å². The number of hydrogen-bond donors (Lipinski definition) is 0. The number of benzene rings is 6. The van der Waals surface area contributed by atoms with E-state index in [1.807, 2.05) is 36.4 Å². The van der Waals surface area contributed by atoms with E-state index >= 15 is 0 Å². The first kappa shape index (κ1) is 23.4. The summed E-state index contributed by atoms with van der Waals surface area (Å²) in [7, 11) is 0. The van der Waals surface area contributed by atoms with Crippen molar-refractivity contribution in [1.29, 1.82) is 0 Å². The Morgan fingerprint density at radius 2 is 1.19 bits per heavy atom. The molecule has 0 spiro atoms. The molecule has 4 heteroatoms. The second-order valence-corrected chi connectivity index (χ2v) is 11.7. The zero-order chi connectivity index (χ0) is 28.0. The van der Waals surface area contributed by atoms with Crippen LogP contribution in [0.3, 0.4) is 0 Å². The van der Waals surface area contributed by atoms with Crippen LogP contribution in [0.5, 0.6) is 0 Å². The number of fused-ring (bicyclic) bond motifs is 4. The lowest BCUT2D eigenvalue weighted by Gasteiger charge is -2.22. The smallest absolute Gasteiger partial charge is 0.238 e. The first-order chi connectivity index (χ1) is 20.6. The fourth-order valence-corrected chi connectivity index (χ4v) is 7.02. The van der Waals surface area contributed by atoms with E-state index in [-0.39, 0.29) is 5.41 Å². The average molecular weight is 539 g/mol. The third-order valence-electron chi connectivity index (χ3n) is 8.99. The zero-order valence-corrected chi connectivity index (χ0v) is 23.3. The first-order valence-corrected chi connectivity index (χ1v) is 14.4. The maximum absolute atomic E-state index is 5.19. The van der Waals surface area contributed by atoms with Crippen molar-refractivity contribution in [3.05, 3.63) is 132 Å². The van der Waals surface area contributed by atoms with Gasteiger partial charge in [0.1, 0.15) is 0 Å². The van der Waals surface area contributed by atoms with E-state index in [0.717, 1.165) is 22.2 Å². The van der Waals surface area contributed by atoms with Crippen molar-refractivity contribution in [2.45, 2.75) is 19.3 Å². The normalized spacial score (nSPS) is 13.7. The molecule has 2 heterocycles. The van der Waals surface area contributed by atoms with Crippen molar-refractivity contribution in [3.8, 4) is 39.9 Å². The summed E-state index contributed by atoms with van der Waals surface area (Å²) >= 11 is 0. The van der Waals surface area contributed by atoms with Crippen LogP contribution in [0.2, 0.25) is 0 Å². The van der Waals surface area contributed by atoms with E-state index in [2.05, 4.69) is 103 Å². The molecule has 0 aliphatic heterocycles. The van der Waals surface area contributed by atoms with Gasteiger partial charge < -0.3 is 0 Å². The minimum Gasteiger partial charge on any atom is -0.277 e. The molecular weight excluding hydrogens is 512 g/mol. The Bertz CT molecular complexity index is 2260. The van der Waals surface area contributed by atoms with Gasteiger partial charge in [0, 0.05) is 32.9 Å². The minimum atomic E-state index is -0.129. The highest BCUT2D eigenvalue weighted by Crippen LogP contribution is 2.54. The van der Waals surface area contributed by atoms with Crippen LogP contribution in [0, 0.1) is 0 Å². The van der Waals surface area contributed by atoms with E-state index in [0.29, 0.717) is 17.6 Å². The van der Waals surface area contributed by atoms with Gasteiger partial charge in [-0.3, -0.25) is 4.57 Å². The molecule has 0 N–H and O–H groups in total. The van der Waals surface area contributed by atoms with Gasteiger partial charge in [0.25, 0.3) is 0 Å². The van der Waals surface area contributed by atoms with E-state index in [1.165, 1.54) is 43.8 Å². The van der Waals surface area contributed by atoms with Crippen molar-refractivity contribution >= 4 is 32.6 Å². The number of aromatic nitrogens is 4. The highest BCUT2D eigenvalue weighted by molar-refractivity contribution is 6.27. The molecule has 0 radical (unpaired) electrons. The van der Waals surface area contributed by atoms with Crippen LogP contribution in [-0.4, -0.2) is 19.5 Å². The predicted octanol–water partition coefficient (Wildman–Crippen LogP) is 9.20. The van der Waals surface area contributed by atoms with Gasteiger partial charge in [-0.25, -0.2) is 4.98 Å². The molecule has 0 atom stereocenters. The fourth-order valence-electron chi connectivity index (χ4n) is 7.02. The SMILES string of the molecule is CC1(C)c2ccccc2-c2c1cc1ccc3cccc4c3c1c2n4-c1nc(-c2ccccc2)nc(-c2ccccc2)n1. The van der Waals surface area contributed by atoms with Gasteiger partial charge in [-0.05, 0) is 39.6 Å². The lowest BCUT2D eigenvalue weighted by atomic mass is 9.81. The summed E-state index contributed by atoms with van der Waals surface area (Å²) in [6, 6.07) is 42.7. The second kappa shape index (κ2) is 8.34. The Kier molecular flexibility index (Phi) is 4.64. The number of rotatable bonds is 3. The van der Waals surface area contributed by atoms with Gasteiger partial charge in [-0.2, -0.15) is 9.97 Å². The van der Waals surface area contributed by atoms with Crippen molar-refractivity contribution in [2.75, 3.05) is 0 Å². The summed E-state index contributed by atoms with van der Waals surface area (Å²) < 4.78 is 2.29. The Hall–Kier alpha value is -5.35. The molecule has 0 unspecified atom stereocenters. The van der Waals surface area contributed by atoms with Crippen LogP contribution in [-0.2, 0) is 5.41 Å². The fraction of sp³-hybridized carbons (Fsp3) is 0.0789. The summed E-state index contributed by atoms with van der Waals surface area (Å²) in [4.78, 5) is 15.4. The summed E-state index contributed by atoms with van der Waals surface area (Å²) in [5, 5.41) is 4.97. The molecule has 198 valence electrons. The third kappa shape index (κ3) is 3.09. The second-order valence-electron chi connectivity index (χ2n) is 11.7. The molecule has 4 nitrogen and oxygen atoms in total. The molecule has 1 aliphatic rings. The molecule has 0 saturated heterocycles. The van der Waals surface area contributed by atoms with Crippen molar-refractivity contribution < 1.29 is 0 Å². The molecule has 8 aromatic rings. The maximum atomic E-state index is 5.19. The Morgan fingerprint density at radius 3 is 1.90 bits per heavy atom. The van der Waals surface area contributed by atoms with Gasteiger partial charge in [-0.1, -0.05) is 123 Å². The van der Waals surface area contributed by atoms with Gasteiger partial charge in [0.15, 0.2) is 11.6 Å². The summed E-state index contributed by atoms with van der Waals surface area (Å²) in [5.74, 6) is 1.95. The van der Waals surface area contributed by atoms with Crippen LogP contribution in [0.15, 0.2) is 121 Å². The highest BCUT2D eigenvalue weighted by Gasteiger charge is 2.38.